The SMILES string of the molecule is O=S(=O)(Cc1csc(-c2cccs2)n1)C[C@H]1CCOC1. The van der Waals surface area contributed by atoms with E-state index >= 15 is 0 Å². The third-order valence-corrected chi connectivity index (χ3v) is 6.81. The molecular formula is C13H15NO3S3. The Bertz CT molecular complexity index is 655. The molecule has 108 valence electrons. The first-order valence-corrected chi connectivity index (χ1v) is 9.97. The second-order valence-corrected chi connectivity index (χ2v) is 8.82. The summed E-state index contributed by atoms with van der Waals surface area (Å²) in [6, 6.07) is 3.97. The fraction of sp³-hybridized carbons (Fsp3) is 0.462. The summed E-state index contributed by atoms with van der Waals surface area (Å²) in [4.78, 5) is 5.52. The van der Waals surface area contributed by atoms with Crippen molar-refractivity contribution in [1.82, 2.24) is 4.98 Å². The minimum atomic E-state index is -3.11. The number of hydrogen-bond donors (Lipinski definition) is 0. The standard InChI is InChI=1S/C13H15NO3S3/c15-20(16,8-10-3-4-17-6-10)9-11-7-19-13(14-11)12-2-1-5-18-12/h1-2,5,7,10H,3-4,6,8-9H2/t10-/m0/s1. The molecule has 3 heterocycles. The Morgan fingerprint density at radius 3 is 3.00 bits per heavy atom. The van der Waals surface area contributed by atoms with Crippen LogP contribution < -0.4 is 0 Å². The fourth-order valence-electron chi connectivity index (χ4n) is 2.24. The van der Waals surface area contributed by atoms with E-state index in [1.807, 2.05) is 22.9 Å². The summed E-state index contributed by atoms with van der Waals surface area (Å²) in [5.74, 6) is 0.389. The van der Waals surface area contributed by atoms with E-state index in [2.05, 4.69) is 4.98 Å². The maximum absolute atomic E-state index is 12.2. The highest BCUT2D eigenvalue weighted by Crippen LogP contribution is 2.28. The van der Waals surface area contributed by atoms with Crippen LogP contribution in [0.3, 0.4) is 0 Å². The van der Waals surface area contributed by atoms with Crippen LogP contribution in [0.15, 0.2) is 22.9 Å². The van der Waals surface area contributed by atoms with Gasteiger partial charge in [0.2, 0.25) is 0 Å². The van der Waals surface area contributed by atoms with Crippen molar-refractivity contribution in [1.29, 1.82) is 0 Å². The molecule has 0 unspecified atom stereocenters. The van der Waals surface area contributed by atoms with Gasteiger partial charge in [-0.3, -0.25) is 0 Å². The number of nitrogens with zero attached hydrogens (tertiary/aromatic N) is 1. The van der Waals surface area contributed by atoms with Gasteiger partial charge in [0.1, 0.15) is 5.01 Å². The lowest BCUT2D eigenvalue weighted by molar-refractivity contribution is 0.188. The molecule has 2 aromatic rings. The summed E-state index contributed by atoms with van der Waals surface area (Å²) in [7, 11) is -3.11. The van der Waals surface area contributed by atoms with Gasteiger partial charge in [-0.2, -0.15) is 0 Å². The Morgan fingerprint density at radius 2 is 2.30 bits per heavy atom. The maximum Gasteiger partial charge on any atom is 0.156 e. The molecule has 2 aromatic heterocycles. The smallest absolute Gasteiger partial charge is 0.156 e. The summed E-state index contributed by atoms with van der Waals surface area (Å²) in [5.41, 5.74) is 0.650. The normalized spacial score (nSPS) is 19.5. The monoisotopic (exact) mass is 329 g/mol. The summed E-state index contributed by atoms with van der Waals surface area (Å²) < 4.78 is 29.6. The molecule has 0 N–H and O–H groups in total. The molecule has 0 aromatic carbocycles. The molecule has 4 nitrogen and oxygen atoms in total. The van der Waals surface area contributed by atoms with Crippen LogP contribution in [-0.2, 0) is 20.3 Å². The summed E-state index contributed by atoms with van der Waals surface area (Å²) >= 11 is 3.12. The molecule has 0 bridgehead atoms. The van der Waals surface area contributed by atoms with Gasteiger partial charge in [-0.05, 0) is 23.8 Å². The van der Waals surface area contributed by atoms with E-state index in [4.69, 9.17) is 4.74 Å². The van der Waals surface area contributed by atoms with Gasteiger partial charge in [-0.25, -0.2) is 13.4 Å². The Kier molecular flexibility index (Phi) is 4.21. The minimum Gasteiger partial charge on any atom is -0.381 e. The van der Waals surface area contributed by atoms with E-state index in [1.165, 1.54) is 11.3 Å². The first kappa shape index (κ1) is 14.2. The molecule has 0 spiro atoms. The van der Waals surface area contributed by atoms with Crippen LogP contribution in [0.5, 0.6) is 0 Å². The molecule has 20 heavy (non-hydrogen) atoms. The molecule has 0 amide bonds. The number of rotatable bonds is 5. The number of thiazole rings is 1. The van der Waals surface area contributed by atoms with Crippen molar-refractivity contribution in [3.05, 3.63) is 28.6 Å². The second-order valence-electron chi connectivity index (χ2n) is 4.91. The van der Waals surface area contributed by atoms with E-state index < -0.39 is 9.84 Å². The van der Waals surface area contributed by atoms with Crippen molar-refractivity contribution >= 4 is 32.5 Å². The van der Waals surface area contributed by atoms with Crippen LogP contribution in [0.25, 0.3) is 9.88 Å². The van der Waals surface area contributed by atoms with E-state index in [0.717, 1.165) is 16.3 Å². The van der Waals surface area contributed by atoms with Crippen molar-refractivity contribution in [2.45, 2.75) is 12.2 Å². The molecule has 1 aliphatic heterocycles. The highest BCUT2D eigenvalue weighted by atomic mass is 32.2. The molecule has 1 aliphatic rings. The Labute approximate surface area is 126 Å². The first-order chi connectivity index (χ1) is 9.62. The second kappa shape index (κ2) is 5.93. The molecule has 1 atom stereocenters. The summed E-state index contributed by atoms with van der Waals surface area (Å²) in [6.45, 7) is 1.25. The van der Waals surface area contributed by atoms with Gasteiger partial charge in [-0.1, -0.05) is 6.07 Å². The van der Waals surface area contributed by atoms with Crippen molar-refractivity contribution < 1.29 is 13.2 Å². The molecule has 1 saturated heterocycles. The highest BCUT2D eigenvalue weighted by Gasteiger charge is 2.24. The van der Waals surface area contributed by atoms with Gasteiger partial charge >= 0.3 is 0 Å². The van der Waals surface area contributed by atoms with E-state index in [1.54, 1.807) is 11.3 Å². The molecule has 0 radical (unpaired) electrons. The van der Waals surface area contributed by atoms with E-state index in [-0.39, 0.29) is 17.4 Å². The average molecular weight is 329 g/mol. The van der Waals surface area contributed by atoms with Crippen LogP contribution in [-0.4, -0.2) is 32.4 Å². The zero-order chi connectivity index (χ0) is 14.0. The van der Waals surface area contributed by atoms with Gasteiger partial charge in [0.15, 0.2) is 9.84 Å². The van der Waals surface area contributed by atoms with Crippen LogP contribution in [0.2, 0.25) is 0 Å². The number of sulfone groups is 1. The van der Waals surface area contributed by atoms with Crippen LogP contribution in [0.4, 0.5) is 0 Å². The lowest BCUT2D eigenvalue weighted by Crippen LogP contribution is -2.18. The van der Waals surface area contributed by atoms with Crippen molar-refractivity contribution in [2.75, 3.05) is 19.0 Å². The quantitative estimate of drug-likeness (QED) is 0.846. The Morgan fingerprint density at radius 1 is 1.40 bits per heavy atom. The van der Waals surface area contributed by atoms with Gasteiger partial charge in [-0.15, -0.1) is 22.7 Å². The van der Waals surface area contributed by atoms with E-state index in [0.29, 0.717) is 18.9 Å². The van der Waals surface area contributed by atoms with Gasteiger partial charge < -0.3 is 4.74 Å². The first-order valence-electron chi connectivity index (χ1n) is 6.39. The molecule has 0 aliphatic carbocycles. The molecule has 3 rings (SSSR count). The van der Waals surface area contributed by atoms with Crippen LogP contribution >= 0.6 is 22.7 Å². The molecule has 0 saturated carbocycles. The largest absolute Gasteiger partial charge is 0.381 e. The number of ether oxygens (including phenoxy) is 1. The average Bonchev–Trinajstić information content (AvgIpc) is 3.07. The zero-order valence-corrected chi connectivity index (χ0v) is 13.3. The van der Waals surface area contributed by atoms with Crippen molar-refractivity contribution in [3.8, 4) is 9.88 Å². The van der Waals surface area contributed by atoms with Gasteiger partial charge in [0.05, 0.1) is 28.7 Å². The number of thiophene rings is 1. The van der Waals surface area contributed by atoms with Gasteiger partial charge in [0.25, 0.3) is 0 Å². The fourth-order valence-corrected chi connectivity index (χ4v) is 5.68. The summed E-state index contributed by atoms with van der Waals surface area (Å²) in [6.07, 6.45) is 0.844. The summed E-state index contributed by atoms with van der Waals surface area (Å²) in [5, 5.41) is 4.74. The lowest BCUT2D eigenvalue weighted by atomic mass is 10.2. The van der Waals surface area contributed by atoms with E-state index in [9.17, 15) is 8.42 Å². The van der Waals surface area contributed by atoms with Crippen molar-refractivity contribution in [3.63, 3.8) is 0 Å². The third-order valence-electron chi connectivity index (χ3n) is 3.17. The maximum atomic E-state index is 12.2. The molecule has 7 heteroatoms. The highest BCUT2D eigenvalue weighted by molar-refractivity contribution is 7.90. The topological polar surface area (TPSA) is 56.3 Å². The minimum absolute atomic E-state index is 0.0331. The zero-order valence-electron chi connectivity index (χ0n) is 10.8. The van der Waals surface area contributed by atoms with Crippen LogP contribution in [0.1, 0.15) is 12.1 Å². The number of aromatic nitrogens is 1. The lowest BCUT2D eigenvalue weighted by Gasteiger charge is -2.07. The Hall–Kier alpha value is -0.760. The predicted octanol–water partition coefficient (Wildman–Crippen LogP) is 2.82. The third kappa shape index (κ3) is 3.46. The van der Waals surface area contributed by atoms with Crippen LogP contribution in [0, 0.1) is 5.92 Å². The van der Waals surface area contributed by atoms with Gasteiger partial charge in [0, 0.05) is 12.0 Å². The molecular weight excluding hydrogens is 314 g/mol. The molecule has 1 fully saturated rings. The Balaban J connectivity index is 1.68. The predicted molar refractivity (Wildman–Crippen MR) is 81.8 cm³/mol. The number of hydrogen-bond acceptors (Lipinski definition) is 6. The van der Waals surface area contributed by atoms with Crippen molar-refractivity contribution in [2.24, 2.45) is 5.92 Å².